The first-order valence-corrected chi connectivity index (χ1v) is 5.04. The first-order valence-electron chi connectivity index (χ1n) is 5.04. The third kappa shape index (κ3) is 8.01. The second-order valence-corrected chi connectivity index (χ2v) is 3.86. The molecule has 4 nitrogen and oxygen atoms in total. The molecule has 0 radical (unpaired) electrons. The molecule has 0 atom stereocenters. The molecular weight excluding hydrogens is 182 g/mol. The van der Waals surface area contributed by atoms with Crippen molar-refractivity contribution >= 4 is 5.97 Å². The van der Waals surface area contributed by atoms with Crippen LogP contribution in [-0.2, 0) is 9.53 Å². The van der Waals surface area contributed by atoms with Gasteiger partial charge in [0, 0.05) is 13.0 Å². The average Bonchev–Trinajstić information content (AvgIpc) is 2.10. The second-order valence-electron chi connectivity index (χ2n) is 3.86. The van der Waals surface area contributed by atoms with Crippen molar-refractivity contribution in [1.29, 1.82) is 0 Å². The van der Waals surface area contributed by atoms with Crippen molar-refractivity contribution in [1.82, 2.24) is 5.32 Å². The topological polar surface area (TPSA) is 58.6 Å². The van der Waals surface area contributed by atoms with Crippen LogP contribution in [0.5, 0.6) is 0 Å². The van der Waals surface area contributed by atoms with Gasteiger partial charge in [-0.05, 0) is 26.8 Å². The highest BCUT2D eigenvalue weighted by atomic mass is 16.5. The lowest BCUT2D eigenvalue weighted by molar-refractivity contribution is -0.138. The molecule has 0 aromatic heterocycles. The molecule has 0 aromatic carbocycles. The molecule has 0 saturated carbocycles. The molecule has 0 saturated heterocycles. The highest BCUT2D eigenvalue weighted by Gasteiger charge is 2.19. The Morgan fingerprint density at radius 2 is 2.14 bits per heavy atom. The van der Waals surface area contributed by atoms with E-state index in [0.717, 1.165) is 13.1 Å². The van der Waals surface area contributed by atoms with E-state index in [1.54, 1.807) is 0 Å². The van der Waals surface area contributed by atoms with Crippen LogP contribution in [0.25, 0.3) is 0 Å². The Morgan fingerprint density at radius 1 is 1.50 bits per heavy atom. The van der Waals surface area contributed by atoms with Crippen molar-refractivity contribution in [3.63, 3.8) is 0 Å². The van der Waals surface area contributed by atoms with Gasteiger partial charge in [0.25, 0.3) is 0 Å². The van der Waals surface area contributed by atoms with Crippen LogP contribution < -0.4 is 5.32 Å². The van der Waals surface area contributed by atoms with Crippen molar-refractivity contribution in [3.8, 4) is 0 Å². The Hall–Kier alpha value is -0.610. The zero-order valence-electron chi connectivity index (χ0n) is 9.30. The van der Waals surface area contributed by atoms with E-state index >= 15 is 0 Å². The zero-order valence-corrected chi connectivity index (χ0v) is 9.30. The summed E-state index contributed by atoms with van der Waals surface area (Å²) in [5.74, 6) is -0.770. The molecule has 0 aliphatic carbocycles. The number of likely N-dealkylation sites (N-methyl/N-ethyl adjacent to an activating group) is 1. The summed E-state index contributed by atoms with van der Waals surface area (Å²) < 4.78 is 5.56. The summed E-state index contributed by atoms with van der Waals surface area (Å²) in [4.78, 5) is 10.4. The molecule has 14 heavy (non-hydrogen) atoms. The molecule has 84 valence electrons. The number of rotatable bonds is 8. The van der Waals surface area contributed by atoms with Gasteiger partial charge < -0.3 is 15.2 Å². The summed E-state index contributed by atoms with van der Waals surface area (Å²) >= 11 is 0. The highest BCUT2D eigenvalue weighted by Crippen LogP contribution is 2.16. The number of hydrogen-bond acceptors (Lipinski definition) is 3. The van der Waals surface area contributed by atoms with Gasteiger partial charge in [0.05, 0.1) is 12.2 Å². The van der Waals surface area contributed by atoms with Crippen molar-refractivity contribution in [3.05, 3.63) is 0 Å². The van der Waals surface area contributed by atoms with E-state index in [4.69, 9.17) is 9.84 Å². The number of carboxylic acid groups (broad SMARTS) is 1. The van der Waals surface area contributed by atoms with Crippen LogP contribution in [0.2, 0.25) is 0 Å². The van der Waals surface area contributed by atoms with Gasteiger partial charge in [-0.3, -0.25) is 4.79 Å². The number of carbonyl (C=O) groups is 1. The van der Waals surface area contributed by atoms with Crippen molar-refractivity contribution in [2.75, 3.05) is 19.7 Å². The molecule has 0 bridgehead atoms. The number of nitrogens with one attached hydrogen (secondary N) is 1. The predicted molar refractivity (Wildman–Crippen MR) is 55.4 cm³/mol. The van der Waals surface area contributed by atoms with Gasteiger partial charge in [-0.2, -0.15) is 0 Å². The molecular formula is C10H21NO3. The Balaban J connectivity index is 3.55. The standard InChI is InChI=1S/C10H21NO3/c1-4-11-7-8-14-10(2,3)6-5-9(12)13/h11H,4-8H2,1-3H3,(H,12,13). The third-order valence-electron chi connectivity index (χ3n) is 1.96. The zero-order chi connectivity index (χ0) is 11.0. The quantitative estimate of drug-likeness (QED) is 0.583. The van der Waals surface area contributed by atoms with Gasteiger partial charge in [0.2, 0.25) is 0 Å². The van der Waals surface area contributed by atoms with E-state index in [0.29, 0.717) is 13.0 Å². The molecule has 0 aliphatic rings. The maximum Gasteiger partial charge on any atom is 0.303 e. The number of hydrogen-bond donors (Lipinski definition) is 2. The van der Waals surface area contributed by atoms with E-state index in [1.165, 1.54) is 0 Å². The van der Waals surface area contributed by atoms with E-state index in [2.05, 4.69) is 5.32 Å². The number of carboxylic acids is 1. The number of ether oxygens (including phenoxy) is 1. The highest BCUT2D eigenvalue weighted by molar-refractivity contribution is 5.66. The summed E-state index contributed by atoms with van der Waals surface area (Å²) in [5.41, 5.74) is -0.339. The van der Waals surface area contributed by atoms with Gasteiger partial charge >= 0.3 is 5.97 Å². The minimum Gasteiger partial charge on any atom is -0.481 e. The van der Waals surface area contributed by atoms with Crippen molar-refractivity contribution in [2.45, 2.75) is 39.2 Å². The molecule has 0 spiro atoms. The van der Waals surface area contributed by atoms with Gasteiger partial charge in [-0.1, -0.05) is 6.92 Å². The first kappa shape index (κ1) is 13.4. The summed E-state index contributed by atoms with van der Waals surface area (Å²) in [7, 11) is 0. The fourth-order valence-corrected chi connectivity index (χ4v) is 1.06. The van der Waals surface area contributed by atoms with Gasteiger partial charge in [-0.25, -0.2) is 0 Å². The van der Waals surface area contributed by atoms with Crippen LogP contribution in [0, 0.1) is 0 Å². The Morgan fingerprint density at radius 3 is 2.64 bits per heavy atom. The smallest absolute Gasteiger partial charge is 0.303 e. The van der Waals surface area contributed by atoms with Gasteiger partial charge in [-0.15, -0.1) is 0 Å². The van der Waals surface area contributed by atoms with E-state index in [1.807, 2.05) is 20.8 Å². The van der Waals surface area contributed by atoms with Crippen LogP contribution in [-0.4, -0.2) is 36.4 Å². The average molecular weight is 203 g/mol. The summed E-state index contributed by atoms with van der Waals surface area (Å²) in [6.45, 7) is 8.24. The van der Waals surface area contributed by atoms with Crippen LogP contribution >= 0.6 is 0 Å². The van der Waals surface area contributed by atoms with E-state index < -0.39 is 5.97 Å². The Labute approximate surface area is 85.6 Å². The Kier molecular flexibility index (Phi) is 6.49. The largest absolute Gasteiger partial charge is 0.481 e. The summed E-state index contributed by atoms with van der Waals surface area (Å²) in [6, 6.07) is 0. The molecule has 0 unspecified atom stereocenters. The molecule has 0 amide bonds. The first-order chi connectivity index (χ1) is 6.48. The molecule has 0 aromatic rings. The molecule has 2 N–H and O–H groups in total. The van der Waals surface area contributed by atoms with Crippen LogP contribution in [0.1, 0.15) is 33.6 Å². The summed E-state index contributed by atoms with van der Waals surface area (Å²) in [5, 5.41) is 11.7. The van der Waals surface area contributed by atoms with Gasteiger partial charge in [0.15, 0.2) is 0 Å². The molecule has 0 rings (SSSR count). The molecule has 0 aliphatic heterocycles. The van der Waals surface area contributed by atoms with E-state index in [9.17, 15) is 4.79 Å². The minimum absolute atomic E-state index is 0.161. The molecule has 0 fully saturated rings. The van der Waals surface area contributed by atoms with Crippen LogP contribution in [0.15, 0.2) is 0 Å². The normalized spacial score (nSPS) is 11.6. The third-order valence-corrected chi connectivity index (χ3v) is 1.96. The predicted octanol–water partition coefficient (Wildman–Crippen LogP) is 1.26. The fraction of sp³-hybridized carbons (Fsp3) is 0.900. The number of aliphatic carboxylic acids is 1. The van der Waals surface area contributed by atoms with E-state index in [-0.39, 0.29) is 12.0 Å². The van der Waals surface area contributed by atoms with Crippen molar-refractivity contribution in [2.24, 2.45) is 0 Å². The lowest BCUT2D eigenvalue weighted by Crippen LogP contribution is -2.30. The minimum atomic E-state index is -0.770. The maximum absolute atomic E-state index is 10.4. The maximum atomic E-state index is 10.4. The molecule has 4 heteroatoms. The molecule has 0 heterocycles. The Bertz CT molecular complexity index is 169. The second kappa shape index (κ2) is 6.79. The fourth-order valence-electron chi connectivity index (χ4n) is 1.06. The lowest BCUT2D eigenvalue weighted by atomic mass is 10.0. The summed E-state index contributed by atoms with van der Waals surface area (Å²) in [6.07, 6.45) is 0.711. The monoisotopic (exact) mass is 203 g/mol. The van der Waals surface area contributed by atoms with Crippen LogP contribution in [0.3, 0.4) is 0 Å². The van der Waals surface area contributed by atoms with Crippen LogP contribution in [0.4, 0.5) is 0 Å². The van der Waals surface area contributed by atoms with Crippen molar-refractivity contribution < 1.29 is 14.6 Å². The lowest BCUT2D eigenvalue weighted by Gasteiger charge is -2.24. The van der Waals surface area contributed by atoms with Gasteiger partial charge in [0.1, 0.15) is 0 Å². The SMILES string of the molecule is CCNCCOC(C)(C)CCC(=O)O.